The first-order valence-corrected chi connectivity index (χ1v) is 12.1. The van der Waals surface area contributed by atoms with Crippen LogP contribution in [-0.2, 0) is 14.3 Å². The van der Waals surface area contributed by atoms with Gasteiger partial charge in [-0.2, -0.15) is 0 Å². The van der Waals surface area contributed by atoms with Crippen molar-refractivity contribution in [1.82, 2.24) is 0 Å². The minimum absolute atomic E-state index is 0.0338. The minimum Gasteiger partial charge on any atom is -0.496 e. The molecule has 10 nitrogen and oxygen atoms in total. The van der Waals surface area contributed by atoms with E-state index in [2.05, 4.69) is 0 Å². The maximum Gasteiger partial charge on any atom is 0.192 e. The molecule has 3 aliphatic rings. The molecule has 2 aromatic rings. The number of ether oxygens (including phenoxy) is 3. The maximum absolute atomic E-state index is 13.9. The summed E-state index contributed by atoms with van der Waals surface area (Å²) in [6.07, 6.45) is -4.42. The minimum atomic E-state index is -2.12. The van der Waals surface area contributed by atoms with E-state index in [0.717, 1.165) is 0 Å². The number of carbonyl (C=O) groups excluding carboxylic acids is 3. The number of methoxy groups -OCH3 is 1. The molecular weight excluding hydrogens is 482 g/mol. The molecule has 10 heteroatoms. The van der Waals surface area contributed by atoms with Gasteiger partial charge in [0.15, 0.2) is 23.6 Å². The first-order chi connectivity index (χ1) is 17.6. The van der Waals surface area contributed by atoms with Crippen molar-refractivity contribution in [1.29, 1.82) is 0 Å². The van der Waals surface area contributed by atoms with Crippen LogP contribution in [0.1, 0.15) is 46.9 Å². The van der Waals surface area contributed by atoms with Gasteiger partial charge in [0, 0.05) is 53.0 Å². The molecule has 0 radical (unpaired) electrons. The van der Waals surface area contributed by atoms with Crippen LogP contribution >= 0.6 is 0 Å². The topological polar surface area (TPSA) is 166 Å². The summed E-state index contributed by atoms with van der Waals surface area (Å²) in [5.74, 6) is -1.31. The second-order valence-corrected chi connectivity index (χ2v) is 9.91. The number of hydrogen-bond donors (Lipinski definition) is 4. The molecule has 0 aromatic heterocycles. The molecule has 1 fully saturated rings. The zero-order chi connectivity index (χ0) is 26.6. The van der Waals surface area contributed by atoms with E-state index in [-0.39, 0.29) is 35.1 Å². The van der Waals surface area contributed by atoms with Crippen LogP contribution in [0.15, 0.2) is 41.5 Å². The van der Waals surface area contributed by atoms with Crippen molar-refractivity contribution in [2.45, 2.75) is 62.4 Å². The first-order valence-electron chi connectivity index (χ1n) is 12.1. The highest BCUT2D eigenvalue weighted by molar-refractivity contribution is 6.29. The Morgan fingerprint density at radius 3 is 2.62 bits per heavy atom. The predicted octanol–water partition coefficient (Wildman–Crippen LogP) is 0.819. The van der Waals surface area contributed by atoms with Gasteiger partial charge < -0.3 is 35.3 Å². The Labute approximate surface area is 212 Å². The van der Waals surface area contributed by atoms with Crippen molar-refractivity contribution in [2.24, 2.45) is 5.73 Å². The van der Waals surface area contributed by atoms with Crippen LogP contribution in [0, 0.1) is 0 Å². The molecule has 0 unspecified atom stereocenters. The van der Waals surface area contributed by atoms with Crippen LogP contribution in [0.5, 0.6) is 5.75 Å². The Bertz CT molecular complexity index is 1320. The van der Waals surface area contributed by atoms with Crippen LogP contribution in [0.3, 0.4) is 0 Å². The van der Waals surface area contributed by atoms with Crippen LogP contribution in [0.2, 0.25) is 0 Å². The molecule has 0 saturated carbocycles. The number of rotatable bonds is 5. The van der Waals surface area contributed by atoms with E-state index in [1.165, 1.54) is 7.11 Å². The van der Waals surface area contributed by atoms with Gasteiger partial charge in [-0.05, 0) is 30.5 Å². The number of aliphatic hydroxyl groups is 3. The third kappa shape index (κ3) is 4.19. The SMILES string of the molecule is COc1cccc2cc3c(cc12)C(=O)C1=C(C[C@@](O)(C(=O)CO)C[C@@H]1O[C@H]1C[C@H](N)[C@H](O)[C@H](C)O1)C3=O. The number of aliphatic hydroxyl groups excluding tert-OH is 2. The fourth-order valence-electron chi connectivity index (χ4n) is 5.54. The van der Waals surface area contributed by atoms with Crippen molar-refractivity contribution >= 4 is 28.1 Å². The average Bonchev–Trinajstić information content (AvgIpc) is 2.88. The summed E-state index contributed by atoms with van der Waals surface area (Å²) >= 11 is 0. The van der Waals surface area contributed by atoms with Gasteiger partial charge in [0.2, 0.25) is 0 Å². The number of Topliss-reactive ketones (excluding diaryl/α,β-unsaturated/α-hetero) is 3. The van der Waals surface area contributed by atoms with E-state index in [0.29, 0.717) is 16.5 Å². The summed E-state index contributed by atoms with van der Waals surface area (Å²) in [5.41, 5.74) is 4.22. The van der Waals surface area contributed by atoms with Crippen molar-refractivity contribution in [2.75, 3.05) is 13.7 Å². The van der Waals surface area contributed by atoms with Crippen molar-refractivity contribution in [3.05, 3.63) is 52.6 Å². The summed E-state index contributed by atoms with van der Waals surface area (Å²) < 4.78 is 17.2. The zero-order valence-corrected chi connectivity index (χ0v) is 20.5. The number of benzene rings is 2. The number of ketones is 3. The van der Waals surface area contributed by atoms with E-state index < -0.39 is 66.6 Å². The number of fused-ring (bicyclic) bond motifs is 2. The van der Waals surface area contributed by atoms with Gasteiger partial charge in [0.1, 0.15) is 18.0 Å². The molecule has 0 bridgehead atoms. The van der Waals surface area contributed by atoms with Crippen molar-refractivity contribution < 1.29 is 43.9 Å². The lowest BCUT2D eigenvalue weighted by Gasteiger charge is -2.42. The molecule has 37 heavy (non-hydrogen) atoms. The van der Waals surface area contributed by atoms with E-state index in [1.807, 2.05) is 0 Å². The molecule has 6 atom stereocenters. The lowest BCUT2D eigenvalue weighted by molar-refractivity contribution is -0.239. The van der Waals surface area contributed by atoms with Gasteiger partial charge in [-0.25, -0.2) is 0 Å². The standard InChI is InChI=1S/C27H29NO9/c1-12-24(31)18(28)8-22(36-12)37-20-10-27(34,21(30)11-29)9-17-23(20)26(33)16-7-14-13(6-15(16)25(17)32)4-3-5-19(14)35-2/h3-7,12,18,20,22,24,29,31,34H,8-11,28H2,1-2H3/t12-,18-,20-,22-,24+,27-/m0/s1. The molecule has 2 aliphatic carbocycles. The second-order valence-electron chi connectivity index (χ2n) is 9.91. The lowest BCUT2D eigenvalue weighted by atomic mass is 9.69. The number of nitrogens with two attached hydrogens (primary N) is 1. The van der Waals surface area contributed by atoms with Crippen LogP contribution in [0.4, 0.5) is 0 Å². The highest BCUT2D eigenvalue weighted by Crippen LogP contribution is 2.43. The smallest absolute Gasteiger partial charge is 0.192 e. The van der Waals surface area contributed by atoms with E-state index >= 15 is 0 Å². The van der Waals surface area contributed by atoms with Gasteiger partial charge >= 0.3 is 0 Å². The maximum atomic E-state index is 13.9. The molecule has 5 rings (SSSR count). The monoisotopic (exact) mass is 511 g/mol. The van der Waals surface area contributed by atoms with Gasteiger partial charge in [0.05, 0.1) is 25.4 Å². The van der Waals surface area contributed by atoms with Crippen LogP contribution in [-0.4, -0.2) is 82.6 Å². The summed E-state index contributed by atoms with van der Waals surface area (Å²) in [4.78, 5) is 40.1. The molecule has 0 spiro atoms. The lowest BCUT2D eigenvalue weighted by Crippen LogP contribution is -2.54. The third-order valence-electron chi connectivity index (χ3n) is 7.58. The molecule has 196 valence electrons. The third-order valence-corrected chi connectivity index (χ3v) is 7.58. The molecular formula is C27H29NO9. The molecule has 1 aliphatic heterocycles. The number of carbonyl (C=O) groups is 3. The first kappa shape index (κ1) is 25.7. The quantitative estimate of drug-likeness (QED) is 0.451. The fraction of sp³-hybridized carbons (Fsp3) is 0.444. The second kappa shape index (κ2) is 9.39. The average molecular weight is 512 g/mol. The summed E-state index contributed by atoms with van der Waals surface area (Å²) in [5, 5.41) is 32.2. The van der Waals surface area contributed by atoms with E-state index in [9.17, 15) is 29.7 Å². The molecule has 1 saturated heterocycles. The van der Waals surface area contributed by atoms with Gasteiger partial charge in [-0.3, -0.25) is 14.4 Å². The molecule has 2 aromatic carbocycles. The summed E-state index contributed by atoms with van der Waals surface area (Å²) in [6, 6.07) is 7.85. The van der Waals surface area contributed by atoms with Crippen LogP contribution < -0.4 is 10.5 Å². The van der Waals surface area contributed by atoms with Crippen molar-refractivity contribution in [3.63, 3.8) is 0 Å². The Kier molecular flexibility index (Phi) is 6.51. The van der Waals surface area contributed by atoms with Gasteiger partial charge in [0.25, 0.3) is 0 Å². The Morgan fingerprint density at radius 1 is 1.22 bits per heavy atom. The summed E-state index contributed by atoms with van der Waals surface area (Å²) in [6.45, 7) is 0.685. The zero-order valence-electron chi connectivity index (χ0n) is 20.5. The highest BCUT2D eigenvalue weighted by Gasteiger charge is 2.51. The largest absolute Gasteiger partial charge is 0.496 e. The highest BCUT2D eigenvalue weighted by atomic mass is 16.7. The fourth-order valence-corrected chi connectivity index (χ4v) is 5.54. The normalized spacial score (nSPS) is 31.8. The molecule has 1 heterocycles. The Hall–Kier alpha value is -2.99. The molecule has 5 N–H and O–H groups in total. The Balaban J connectivity index is 1.60. The van der Waals surface area contributed by atoms with Crippen LogP contribution in [0.25, 0.3) is 10.8 Å². The predicted molar refractivity (Wildman–Crippen MR) is 130 cm³/mol. The molecule has 0 amide bonds. The Morgan fingerprint density at radius 2 is 1.95 bits per heavy atom. The summed E-state index contributed by atoms with van der Waals surface area (Å²) in [7, 11) is 1.51. The van der Waals surface area contributed by atoms with E-state index in [1.54, 1.807) is 37.3 Å². The van der Waals surface area contributed by atoms with E-state index in [4.69, 9.17) is 19.9 Å². The number of hydrogen-bond acceptors (Lipinski definition) is 10. The van der Waals surface area contributed by atoms with Gasteiger partial charge in [-0.15, -0.1) is 0 Å². The van der Waals surface area contributed by atoms with Crippen molar-refractivity contribution in [3.8, 4) is 5.75 Å². The van der Waals surface area contributed by atoms with Gasteiger partial charge in [-0.1, -0.05) is 12.1 Å².